The fraction of sp³-hybridized carbons (Fsp3) is 0.462. The number of hydrogen-bond acceptors (Lipinski definition) is 5. The molecule has 2 aromatic heterocycles. The van der Waals surface area contributed by atoms with E-state index >= 15 is 0 Å². The van der Waals surface area contributed by atoms with Gasteiger partial charge in [0.05, 0.1) is 6.54 Å². The Morgan fingerprint density at radius 3 is 2.79 bits per heavy atom. The van der Waals surface area contributed by atoms with Gasteiger partial charge in [-0.1, -0.05) is 0 Å². The number of hydrogen-bond donors (Lipinski definition) is 1. The highest BCUT2D eigenvalue weighted by atomic mass is 15.2. The Balaban J connectivity index is 2.18. The van der Waals surface area contributed by atoms with Crippen LogP contribution in [-0.2, 0) is 13.6 Å². The van der Waals surface area contributed by atoms with Gasteiger partial charge in [0, 0.05) is 44.8 Å². The second-order valence-corrected chi connectivity index (χ2v) is 4.53. The molecule has 0 fully saturated rings. The summed E-state index contributed by atoms with van der Waals surface area (Å²) >= 11 is 0. The van der Waals surface area contributed by atoms with E-state index in [0.717, 1.165) is 23.9 Å². The first-order chi connectivity index (χ1) is 9.10. The molecule has 0 aliphatic heterocycles. The molecular weight excluding hydrogens is 240 g/mol. The maximum absolute atomic E-state index is 4.50. The molecule has 0 aliphatic carbocycles. The van der Waals surface area contributed by atoms with E-state index in [1.54, 1.807) is 6.20 Å². The maximum atomic E-state index is 4.50. The summed E-state index contributed by atoms with van der Waals surface area (Å²) in [6, 6.07) is 1.98. The minimum absolute atomic E-state index is 0.671. The van der Waals surface area contributed by atoms with Crippen molar-refractivity contribution in [3.63, 3.8) is 0 Å². The van der Waals surface area contributed by atoms with Gasteiger partial charge in [0.1, 0.15) is 11.6 Å². The SMILES string of the molecule is CCNc1nc(C)cc(N(C)Cc2nccn2C)n1. The Labute approximate surface area is 113 Å². The van der Waals surface area contributed by atoms with Crippen molar-refractivity contribution in [2.75, 3.05) is 23.8 Å². The smallest absolute Gasteiger partial charge is 0.224 e. The summed E-state index contributed by atoms with van der Waals surface area (Å²) in [7, 11) is 4.00. The molecule has 2 aromatic rings. The molecule has 0 saturated carbocycles. The number of nitrogens with one attached hydrogen (secondary N) is 1. The largest absolute Gasteiger partial charge is 0.354 e. The molecular formula is C13H20N6. The van der Waals surface area contributed by atoms with Gasteiger partial charge in [-0.2, -0.15) is 4.98 Å². The van der Waals surface area contributed by atoms with Gasteiger partial charge in [-0.25, -0.2) is 9.97 Å². The average Bonchev–Trinajstić information content (AvgIpc) is 2.75. The van der Waals surface area contributed by atoms with Crippen molar-refractivity contribution in [1.29, 1.82) is 0 Å². The molecule has 0 aliphatic rings. The predicted molar refractivity (Wildman–Crippen MR) is 76.2 cm³/mol. The van der Waals surface area contributed by atoms with Gasteiger partial charge in [-0.05, 0) is 13.8 Å². The van der Waals surface area contributed by atoms with Crippen LogP contribution in [0.5, 0.6) is 0 Å². The van der Waals surface area contributed by atoms with Crippen LogP contribution in [0.2, 0.25) is 0 Å². The van der Waals surface area contributed by atoms with Crippen LogP contribution in [0.1, 0.15) is 18.4 Å². The van der Waals surface area contributed by atoms with Crippen molar-refractivity contribution < 1.29 is 0 Å². The van der Waals surface area contributed by atoms with Crippen LogP contribution in [0, 0.1) is 6.92 Å². The molecule has 6 nitrogen and oxygen atoms in total. The van der Waals surface area contributed by atoms with E-state index < -0.39 is 0 Å². The van der Waals surface area contributed by atoms with Crippen LogP contribution in [0.25, 0.3) is 0 Å². The van der Waals surface area contributed by atoms with Gasteiger partial charge in [0.2, 0.25) is 5.95 Å². The quantitative estimate of drug-likeness (QED) is 0.884. The standard InChI is InChI=1S/C13H20N6/c1-5-14-13-16-10(2)8-11(17-13)19(4)9-12-15-6-7-18(12)3/h6-8H,5,9H2,1-4H3,(H,14,16,17). The lowest BCUT2D eigenvalue weighted by Crippen LogP contribution is -2.21. The fourth-order valence-electron chi connectivity index (χ4n) is 1.83. The Bertz CT molecular complexity index is 548. The summed E-state index contributed by atoms with van der Waals surface area (Å²) in [5, 5.41) is 3.14. The third-order valence-corrected chi connectivity index (χ3v) is 2.87. The van der Waals surface area contributed by atoms with E-state index in [2.05, 4.69) is 25.2 Å². The second-order valence-electron chi connectivity index (χ2n) is 4.53. The monoisotopic (exact) mass is 260 g/mol. The molecule has 2 rings (SSSR count). The number of nitrogens with zero attached hydrogens (tertiary/aromatic N) is 5. The van der Waals surface area contributed by atoms with Gasteiger partial charge in [-0.15, -0.1) is 0 Å². The molecule has 6 heteroatoms. The Morgan fingerprint density at radius 1 is 1.37 bits per heavy atom. The fourth-order valence-corrected chi connectivity index (χ4v) is 1.83. The van der Waals surface area contributed by atoms with Crippen LogP contribution in [0.3, 0.4) is 0 Å². The van der Waals surface area contributed by atoms with Crippen LogP contribution in [-0.4, -0.2) is 33.1 Å². The van der Waals surface area contributed by atoms with E-state index in [4.69, 9.17) is 0 Å². The highest BCUT2D eigenvalue weighted by Crippen LogP contribution is 2.15. The van der Waals surface area contributed by atoms with E-state index in [-0.39, 0.29) is 0 Å². The molecule has 19 heavy (non-hydrogen) atoms. The zero-order valence-corrected chi connectivity index (χ0v) is 11.9. The lowest BCUT2D eigenvalue weighted by atomic mass is 10.4. The van der Waals surface area contributed by atoms with Crippen molar-refractivity contribution in [3.8, 4) is 0 Å². The number of imidazole rings is 1. The minimum Gasteiger partial charge on any atom is -0.354 e. The van der Waals surface area contributed by atoms with Crippen molar-refractivity contribution in [3.05, 3.63) is 30.0 Å². The van der Waals surface area contributed by atoms with Crippen LogP contribution < -0.4 is 10.2 Å². The minimum atomic E-state index is 0.671. The average molecular weight is 260 g/mol. The molecule has 0 unspecified atom stereocenters. The number of anilines is 2. The van der Waals surface area contributed by atoms with E-state index in [9.17, 15) is 0 Å². The summed E-state index contributed by atoms with van der Waals surface area (Å²) < 4.78 is 2.01. The number of aryl methyl sites for hydroxylation is 2. The Hall–Kier alpha value is -2.11. The molecule has 0 radical (unpaired) electrons. The number of rotatable bonds is 5. The normalized spacial score (nSPS) is 10.5. The third kappa shape index (κ3) is 3.21. The van der Waals surface area contributed by atoms with E-state index in [1.807, 2.05) is 44.8 Å². The van der Waals surface area contributed by atoms with Gasteiger partial charge in [0.25, 0.3) is 0 Å². The molecule has 1 N–H and O–H groups in total. The van der Waals surface area contributed by atoms with Crippen LogP contribution in [0.4, 0.5) is 11.8 Å². The first-order valence-corrected chi connectivity index (χ1v) is 6.37. The van der Waals surface area contributed by atoms with Crippen molar-refractivity contribution in [1.82, 2.24) is 19.5 Å². The topological polar surface area (TPSA) is 58.9 Å². The maximum Gasteiger partial charge on any atom is 0.224 e. The van der Waals surface area contributed by atoms with Gasteiger partial charge in [0.15, 0.2) is 0 Å². The van der Waals surface area contributed by atoms with Gasteiger partial charge in [-0.3, -0.25) is 0 Å². The third-order valence-electron chi connectivity index (χ3n) is 2.87. The lowest BCUT2D eigenvalue weighted by Gasteiger charge is -2.19. The summed E-state index contributed by atoms with van der Waals surface area (Å²) in [5.74, 6) is 2.57. The Kier molecular flexibility index (Phi) is 3.99. The summed E-state index contributed by atoms with van der Waals surface area (Å²) in [5.41, 5.74) is 0.952. The highest BCUT2D eigenvalue weighted by Gasteiger charge is 2.09. The summed E-state index contributed by atoms with van der Waals surface area (Å²) in [6.07, 6.45) is 3.75. The molecule has 0 spiro atoms. The van der Waals surface area contributed by atoms with Gasteiger partial charge >= 0.3 is 0 Å². The highest BCUT2D eigenvalue weighted by molar-refractivity contribution is 5.44. The van der Waals surface area contributed by atoms with Gasteiger partial charge < -0.3 is 14.8 Å². The molecule has 2 heterocycles. The van der Waals surface area contributed by atoms with Crippen molar-refractivity contribution in [2.45, 2.75) is 20.4 Å². The molecule has 0 amide bonds. The van der Waals surface area contributed by atoms with E-state index in [1.165, 1.54) is 0 Å². The predicted octanol–water partition coefficient (Wildman–Crippen LogP) is 1.59. The van der Waals surface area contributed by atoms with E-state index in [0.29, 0.717) is 12.5 Å². The van der Waals surface area contributed by atoms with Crippen molar-refractivity contribution in [2.24, 2.45) is 7.05 Å². The van der Waals surface area contributed by atoms with Crippen LogP contribution >= 0.6 is 0 Å². The van der Waals surface area contributed by atoms with Crippen molar-refractivity contribution >= 4 is 11.8 Å². The number of aromatic nitrogens is 4. The molecule has 0 atom stereocenters. The first kappa shape index (κ1) is 13.3. The summed E-state index contributed by atoms with van der Waals surface area (Å²) in [4.78, 5) is 15.2. The first-order valence-electron chi connectivity index (χ1n) is 6.37. The molecule has 0 bridgehead atoms. The zero-order chi connectivity index (χ0) is 13.8. The second kappa shape index (κ2) is 5.69. The Morgan fingerprint density at radius 2 is 2.16 bits per heavy atom. The molecule has 0 saturated heterocycles. The molecule has 0 aromatic carbocycles. The molecule has 102 valence electrons. The lowest BCUT2D eigenvalue weighted by molar-refractivity contribution is 0.754. The summed E-state index contributed by atoms with van der Waals surface area (Å²) in [6.45, 7) is 5.53. The zero-order valence-electron chi connectivity index (χ0n) is 11.9. The van der Waals surface area contributed by atoms with Crippen LogP contribution in [0.15, 0.2) is 18.5 Å².